The molecule has 33 heavy (non-hydrogen) atoms. The average Bonchev–Trinajstić information content (AvgIpc) is 3.11. The Hall–Kier alpha value is -1.73. The lowest BCUT2D eigenvalue weighted by Gasteiger charge is -2.35. The molecule has 0 bridgehead atoms. The van der Waals surface area contributed by atoms with E-state index in [9.17, 15) is 18.0 Å². The van der Waals surface area contributed by atoms with Crippen LogP contribution in [-0.2, 0) is 11.0 Å². The van der Waals surface area contributed by atoms with Gasteiger partial charge in [0.05, 0.1) is 11.5 Å². The summed E-state index contributed by atoms with van der Waals surface area (Å²) in [6, 6.07) is 3.29. The number of benzene rings is 1. The minimum Gasteiger partial charge on any atom is -0.367 e. The first-order chi connectivity index (χ1) is 15.7. The third-order valence-corrected chi connectivity index (χ3v) is 7.66. The molecule has 4 rings (SSSR count). The fraction of sp³-hybridized carbons (Fsp3) is 0.640. The first-order valence-corrected chi connectivity index (χ1v) is 12.5. The van der Waals surface area contributed by atoms with E-state index in [1.54, 1.807) is 0 Å². The van der Waals surface area contributed by atoms with E-state index in [0.717, 1.165) is 57.5 Å². The second-order valence-electron chi connectivity index (χ2n) is 9.69. The SMILES string of the molecule is CC1C(C(=O)NN2CCCCC2)C=C(c2cc(C(F)(F)F)ccc2Cl)N1CC1CCCCC1. The number of piperidine rings is 1. The minimum absolute atomic E-state index is 0.101. The van der Waals surface area contributed by atoms with Crippen LogP contribution in [0.4, 0.5) is 13.2 Å². The molecule has 182 valence electrons. The molecule has 1 N–H and O–H groups in total. The largest absolute Gasteiger partial charge is 0.416 e. The van der Waals surface area contributed by atoms with E-state index in [-0.39, 0.29) is 17.0 Å². The van der Waals surface area contributed by atoms with Gasteiger partial charge in [-0.2, -0.15) is 13.2 Å². The van der Waals surface area contributed by atoms with Crippen molar-refractivity contribution in [2.24, 2.45) is 11.8 Å². The van der Waals surface area contributed by atoms with Gasteiger partial charge in [0.2, 0.25) is 5.91 Å². The van der Waals surface area contributed by atoms with Crippen molar-refractivity contribution in [3.8, 4) is 0 Å². The lowest BCUT2D eigenvalue weighted by molar-refractivity contribution is -0.137. The Labute approximate surface area is 199 Å². The molecule has 2 aliphatic heterocycles. The Morgan fingerprint density at radius 2 is 1.76 bits per heavy atom. The van der Waals surface area contributed by atoms with Gasteiger partial charge in [-0.05, 0) is 62.8 Å². The van der Waals surface area contributed by atoms with Crippen LogP contribution in [0.15, 0.2) is 24.3 Å². The summed E-state index contributed by atoms with van der Waals surface area (Å²) in [5.41, 5.74) is 3.31. The topological polar surface area (TPSA) is 35.6 Å². The Kier molecular flexibility index (Phi) is 7.59. The van der Waals surface area contributed by atoms with Gasteiger partial charge in [0.25, 0.3) is 0 Å². The molecule has 1 amide bonds. The number of nitrogens with one attached hydrogen (secondary N) is 1. The quantitative estimate of drug-likeness (QED) is 0.548. The summed E-state index contributed by atoms with van der Waals surface area (Å²) in [5, 5.41) is 2.24. The van der Waals surface area contributed by atoms with Gasteiger partial charge in [-0.25, -0.2) is 5.01 Å². The van der Waals surface area contributed by atoms with E-state index < -0.39 is 17.7 Å². The number of hydrogen-bond acceptors (Lipinski definition) is 3. The average molecular weight is 484 g/mol. The van der Waals surface area contributed by atoms with Crippen LogP contribution < -0.4 is 5.43 Å². The Bertz CT molecular complexity index is 876. The van der Waals surface area contributed by atoms with Crippen LogP contribution in [0.1, 0.15) is 69.4 Å². The summed E-state index contributed by atoms with van der Waals surface area (Å²) in [6.45, 7) is 4.38. The van der Waals surface area contributed by atoms with E-state index in [0.29, 0.717) is 17.2 Å². The predicted molar refractivity (Wildman–Crippen MR) is 124 cm³/mol. The summed E-state index contributed by atoms with van der Waals surface area (Å²) < 4.78 is 40.4. The highest BCUT2D eigenvalue weighted by atomic mass is 35.5. The van der Waals surface area contributed by atoms with Gasteiger partial charge in [0, 0.05) is 42.0 Å². The second kappa shape index (κ2) is 10.3. The zero-order valence-corrected chi connectivity index (χ0v) is 19.9. The zero-order chi connectivity index (χ0) is 23.6. The van der Waals surface area contributed by atoms with Gasteiger partial charge < -0.3 is 4.90 Å². The molecular formula is C25H33ClF3N3O. The van der Waals surface area contributed by atoms with E-state index in [2.05, 4.69) is 10.3 Å². The first-order valence-electron chi connectivity index (χ1n) is 12.1. The first kappa shape index (κ1) is 24.4. The van der Waals surface area contributed by atoms with Crippen molar-refractivity contribution >= 4 is 23.2 Å². The normalized spacial score (nSPS) is 25.2. The van der Waals surface area contributed by atoms with Gasteiger partial charge >= 0.3 is 6.18 Å². The second-order valence-corrected chi connectivity index (χ2v) is 10.1. The highest BCUT2D eigenvalue weighted by molar-refractivity contribution is 6.32. The number of carbonyl (C=O) groups is 1. The monoisotopic (exact) mass is 483 g/mol. The molecule has 2 fully saturated rings. The molecule has 2 atom stereocenters. The smallest absolute Gasteiger partial charge is 0.367 e. The van der Waals surface area contributed by atoms with E-state index in [4.69, 9.17) is 11.6 Å². The van der Waals surface area contributed by atoms with Crippen molar-refractivity contribution in [1.82, 2.24) is 15.3 Å². The maximum absolute atomic E-state index is 13.5. The predicted octanol–water partition coefficient (Wildman–Crippen LogP) is 6.12. The zero-order valence-electron chi connectivity index (χ0n) is 19.1. The molecule has 1 aromatic carbocycles. The standard InChI is InChI=1S/C25H33ClF3N3O/c1-17-20(24(33)30-31-12-6-3-7-13-31)15-23(32(17)16-18-8-4-2-5-9-18)21-14-19(25(27,28)29)10-11-22(21)26/h10-11,14-15,17-18,20H,2-9,12-13,16H2,1H3,(H,30,33). The number of halogens is 4. The summed E-state index contributed by atoms with van der Waals surface area (Å²) in [4.78, 5) is 15.3. The van der Waals surface area contributed by atoms with Gasteiger partial charge in [0.15, 0.2) is 0 Å². The molecule has 2 unspecified atom stereocenters. The molecule has 2 heterocycles. The molecule has 1 aromatic rings. The minimum atomic E-state index is -4.46. The molecule has 4 nitrogen and oxygen atoms in total. The van der Waals surface area contributed by atoms with Crippen LogP contribution in [0.3, 0.4) is 0 Å². The highest BCUT2D eigenvalue weighted by Crippen LogP contribution is 2.41. The molecule has 0 aromatic heterocycles. The van der Waals surface area contributed by atoms with Crippen LogP contribution in [0.2, 0.25) is 5.02 Å². The van der Waals surface area contributed by atoms with Crippen molar-refractivity contribution in [2.45, 2.75) is 70.5 Å². The van der Waals surface area contributed by atoms with Crippen molar-refractivity contribution in [3.63, 3.8) is 0 Å². The van der Waals surface area contributed by atoms with Gasteiger partial charge in [0.1, 0.15) is 0 Å². The third kappa shape index (κ3) is 5.68. The summed E-state index contributed by atoms with van der Waals surface area (Å²) in [7, 11) is 0. The van der Waals surface area contributed by atoms with Gasteiger partial charge in [-0.1, -0.05) is 37.3 Å². The number of amides is 1. The molecular weight excluding hydrogens is 451 g/mol. The Balaban J connectivity index is 1.63. The van der Waals surface area contributed by atoms with E-state index in [1.807, 2.05) is 18.0 Å². The number of hydrazine groups is 1. The molecule has 8 heteroatoms. The van der Waals surface area contributed by atoms with Crippen LogP contribution in [0, 0.1) is 11.8 Å². The summed E-state index contributed by atoms with van der Waals surface area (Å²) in [6.07, 6.45) is 6.44. The van der Waals surface area contributed by atoms with Gasteiger partial charge in [-0.3, -0.25) is 10.2 Å². The third-order valence-electron chi connectivity index (χ3n) is 7.33. The van der Waals surface area contributed by atoms with E-state index in [1.165, 1.54) is 31.7 Å². The fourth-order valence-electron chi connectivity index (χ4n) is 5.40. The molecule has 1 saturated carbocycles. The van der Waals surface area contributed by atoms with Crippen LogP contribution >= 0.6 is 11.6 Å². The van der Waals surface area contributed by atoms with Crippen molar-refractivity contribution in [3.05, 3.63) is 40.4 Å². The number of hydrogen-bond donors (Lipinski definition) is 1. The fourth-order valence-corrected chi connectivity index (χ4v) is 5.62. The van der Waals surface area contributed by atoms with Crippen molar-refractivity contribution in [1.29, 1.82) is 0 Å². The van der Waals surface area contributed by atoms with Gasteiger partial charge in [-0.15, -0.1) is 0 Å². The highest BCUT2D eigenvalue weighted by Gasteiger charge is 2.39. The summed E-state index contributed by atoms with van der Waals surface area (Å²) in [5.74, 6) is -0.0784. The molecule has 1 saturated heterocycles. The molecule has 3 aliphatic rings. The molecule has 0 spiro atoms. The van der Waals surface area contributed by atoms with E-state index >= 15 is 0 Å². The van der Waals surface area contributed by atoms with Crippen molar-refractivity contribution in [2.75, 3.05) is 19.6 Å². The van der Waals surface area contributed by atoms with Crippen LogP contribution in [-0.4, -0.2) is 41.5 Å². The number of rotatable bonds is 5. The maximum atomic E-state index is 13.5. The summed E-state index contributed by atoms with van der Waals surface area (Å²) >= 11 is 6.42. The Morgan fingerprint density at radius 1 is 1.09 bits per heavy atom. The number of carbonyl (C=O) groups excluding carboxylic acids is 1. The maximum Gasteiger partial charge on any atom is 0.416 e. The lowest BCUT2D eigenvalue weighted by atomic mass is 9.88. The number of alkyl halides is 3. The Morgan fingerprint density at radius 3 is 2.42 bits per heavy atom. The molecule has 0 radical (unpaired) electrons. The van der Waals surface area contributed by atoms with Crippen LogP contribution in [0.25, 0.3) is 5.70 Å². The van der Waals surface area contributed by atoms with Crippen molar-refractivity contribution < 1.29 is 18.0 Å². The molecule has 1 aliphatic carbocycles. The number of nitrogens with zero attached hydrogens (tertiary/aromatic N) is 2. The lowest BCUT2D eigenvalue weighted by Crippen LogP contribution is -2.49. The van der Waals surface area contributed by atoms with Crippen LogP contribution in [0.5, 0.6) is 0 Å².